The van der Waals surface area contributed by atoms with Crippen LogP contribution in [0.2, 0.25) is 0 Å². The molecule has 0 aromatic heterocycles. The lowest BCUT2D eigenvalue weighted by Gasteiger charge is -2.32. The highest BCUT2D eigenvalue weighted by molar-refractivity contribution is 5.84. The Morgan fingerprint density at radius 3 is 0.939 bits per heavy atom. The van der Waals surface area contributed by atoms with E-state index in [4.69, 9.17) is 0 Å². The lowest BCUT2D eigenvalue weighted by Crippen LogP contribution is -2.35. The summed E-state index contributed by atoms with van der Waals surface area (Å²) in [4.78, 5) is 22.0. The Kier molecular flexibility index (Phi) is 14.9. The number of carbonyl (C=O) groups is 2. The van der Waals surface area contributed by atoms with Gasteiger partial charge in [0.1, 0.15) is 11.6 Å². The molecule has 0 aromatic rings. The van der Waals surface area contributed by atoms with Crippen molar-refractivity contribution in [2.24, 2.45) is 27.1 Å². The van der Waals surface area contributed by atoms with Gasteiger partial charge >= 0.3 is 0 Å². The second kappa shape index (κ2) is 13.3. The highest BCUT2D eigenvalue weighted by atomic mass is 16.3. The van der Waals surface area contributed by atoms with Crippen LogP contribution in [-0.4, -0.2) is 45.2 Å². The van der Waals surface area contributed by atoms with Crippen molar-refractivity contribution in [2.75, 3.05) is 0 Å². The Morgan fingerprint density at radius 2 is 0.788 bits per heavy atom. The molecule has 33 heavy (non-hydrogen) atoms. The fourth-order valence-electron chi connectivity index (χ4n) is 1.71. The first-order chi connectivity index (χ1) is 14.0. The van der Waals surface area contributed by atoms with Gasteiger partial charge in [0.2, 0.25) is 0 Å². The van der Waals surface area contributed by atoms with Crippen molar-refractivity contribution in [3.8, 4) is 0 Å². The summed E-state index contributed by atoms with van der Waals surface area (Å²) in [6.07, 6.45) is -0.720. The zero-order valence-corrected chi connectivity index (χ0v) is 24.8. The Morgan fingerprint density at radius 1 is 0.545 bits per heavy atom. The molecule has 0 aliphatic rings. The third-order valence-corrected chi connectivity index (χ3v) is 5.72. The lowest BCUT2D eigenvalue weighted by atomic mass is 9.79. The summed E-state index contributed by atoms with van der Waals surface area (Å²) < 4.78 is 0. The first-order valence-electron chi connectivity index (χ1n) is 12.1. The maximum absolute atomic E-state index is 11.6. The number of hydrogen-bond acceptors (Lipinski definition) is 5. The SMILES string of the molecule is CC(=O)C(C)(C)C.CC(C)(C)C(=O)CC(O)C(C)(C)C.CC(C)(C)C(O)CC(O)C(C)(C)C. The molecule has 5 nitrogen and oxygen atoms in total. The topological polar surface area (TPSA) is 94.8 Å². The van der Waals surface area contributed by atoms with E-state index in [9.17, 15) is 24.9 Å². The summed E-state index contributed by atoms with van der Waals surface area (Å²) in [5, 5.41) is 29.2. The molecule has 200 valence electrons. The van der Waals surface area contributed by atoms with E-state index in [0.29, 0.717) is 6.42 Å². The summed E-state index contributed by atoms with van der Waals surface area (Å²) in [6.45, 7) is 30.7. The summed E-state index contributed by atoms with van der Waals surface area (Å²) in [7, 11) is 0. The molecular weight excluding hydrogens is 416 g/mol. The third-order valence-electron chi connectivity index (χ3n) is 5.72. The van der Waals surface area contributed by atoms with Gasteiger partial charge in [-0.25, -0.2) is 0 Å². The molecule has 0 aromatic carbocycles. The molecule has 0 saturated heterocycles. The molecule has 0 aliphatic carbocycles. The van der Waals surface area contributed by atoms with Gasteiger partial charge in [0.15, 0.2) is 0 Å². The smallest absolute Gasteiger partial charge is 0.140 e. The normalized spacial score (nSPS) is 15.8. The quantitative estimate of drug-likeness (QED) is 0.450. The van der Waals surface area contributed by atoms with E-state index < -0.39 is 18.3 Å². The number of aliphatic hydroxyl groups excluding tert-OH is 3. The molecule has 0 saturated carbocycles. The number of rotatable bonds is 4. The average molecular weight is 475 g/mol. The van der Waals surface area contributed by atoms with Gasteiger partial charge in [0.25, 0.3) is 0 Å². The molecule has 5 heteroatoms. The Hall–Kier alpha value is -0.780. The summed E-state index contributed by atoms with van der Waals surface area (Å²) in [5.41, 5.74) is -0.981. The van der Waals surface area contributed by atoms with Crippen molar-refractivity contribution in [3.63, 3.8) is 0 Å². The third kappa shape index (κ3) is 19.2. The maximum atomic E-state index is 11.6. The van der Waals surface area contributed by atoms with Crippen molar-refractivity contribution >= 4 is 11.6 Å². The Bertz CT molecular complexity index is 554. The van der Waals surface area contributed by atoms with E-state index in [-0.39, 0.29) is 45.1 Å². The lowest BCUT2D eigenvalue weighted by molar-refractivity contribution is -0.130. The van der Waals surface area contributed by atoms with E-state index in [2.05, 4.69) is 0 Å². The van der Waals surface area contributed by atoms with Crippen molar-refractivity contribution in [1.82, 2.24) is 0 Å². The number of hydrogen-bond donors (Lipinski definition) is 3. The van der Waals surface area contributed by atoms with Crippen LogP contribution < -0.4 is 0 Å². The minimum absolute atomic E-state index is 0.120. The summed E-state index contributed by atoms with van der Waals surface area (Å²) in [5.74, 6) is 0.363. The van der Waals surface area contributed by atoms with Crippen LogP contribution in [0.3, 0.4) is 0 Å². The molecule has 3 N–H and O–H groups in total. The molecule has 0 bridgehead atoms. The molecule has 0 amide bonds. The molecule has 0 spiro atoms. The van der Waals surface area contributed by atoms with E-state index >= 15 is 0 Å². The van der Waals surface area contributed by atoms with E-state index in [1.165, 1.54) is 0 Å². The number of Topliss-reactive ketones (excluding diaryl/α,β-unsaturated/α-hetero) is 2. The summed E-state index contributed by atoms with van der Waals surface area (Å²) in [6, 6.07) is 0. The average Bonchev–Trinajstić information content (AvgIpc) is 2.51. The fourth-order valence-corrected chi connectivity index (χ4v) is 1.71. The second-order valence-electron chi connectivity index (χ2n) is 14.6. The molecule has 3 atom stereocenters. The first kappa shape index (κ1) is 36.8. The maximum Gasteiger partial charge on any atom is 0.140 e. The highest BCUT2D eigenvalue weighted by Gasteiger charge is 2.30. The van der Waals surface area contributed by atoms with Gasteiger partial charge in [-0.1, -0.05) is 104 Å². The molecule has 3 unspecified atom stereocenters. The Balaban J connectivity index is -0.000000429. The van der Waals surface area contributed by atoms with Gasteiger partial charge in [-0.05, 0) is 23.2 Å². The number of ketones is 2. The second-order valence-corrected chi connectivity index (χ2v) is 14.6. The molecule has 0 heterocycles. The molecule has 0 rings (SSSR count). The predicted octanol–water partition coefficient (Wildman–Crippen LogP) is 6.21. The van der Waals surface area contributed by atoms with Crippen LogP contribution in [0.25, 0.3) is 0 Å². The van der Waals surface area contributed by atoms with Gasteiger partial charge in [-0.15, -0.1) is 0 Å². The monoisotopic (exact) mass is 474 g/mol. The highest BCUT2D eigenvalue weighted by Crippen LogP contribution is 2.29. The minimum Gasteiger partial charge on any atom is -0.392 e. The van der Waals surface area contributed by atoms with Crippen molar-refractivity contribution in [3.05, 3.63) is 0 Å². The standard InChI is InChI=1S/C11H24O2.C11H22O2.C6H12O/c2*1-10(2,3)8(12)7-9(13)11(4,5)6;1-5(7)6(2,3)4/h8-9,12-13H,7H2,1-6H3;8,12H,7H2,1-6H3;1-4H3. The molecule has 0 aliphatic heterocycles. The van der Waals surface area contributed by atoms with Crippen LogP contribution in [0.1, 0.15) is 124 Å². The van der Waals surface area contributed by atoms with Crippen molar-refractivity contribution in [1.29, 1.82) is 0 Å². The van der Waals surface area contributed by atoms with Crippen LogP contribution in [0.4, 0.5) is 0 Å². The fraction of sp³-hybridized carbons (Fsp3) is 0.929. The zero-order valence-electron chi connectivity index (χ0n) is 24.8. The van der Waals surface area contributed by atoms with Crippen LogP contribution in [-0.2, 0) is 9.59 Å². The van der Waals surface area contributed by atoms with Gasteiger partial charge in [0, 0.05) is 23.7 Å². The van der Waals surface area contributed by atoms with Gasteiger partial charge in [-0.2, -0.15) is 0 Å². The van der Waals surface area contributed by atoms with E-state index in [0.717, 1.165) is 0 Å². The summed E-state index contributed by atoms with van der Waals surface area (Å²) >= 11 is 0. The van der Waals surface area contributed by atoms with Gasteiger partial charge < -0.3 is 15.3 Å². The minimum atomic E-state index is -0.542. The van der Waals surface area contributed by atoms with Crippen LogP contribution in [0, 0.1) is 27.1 Å². The largest absolute Gasteiger partial charge is 0.392 e. The van der Waals surface area contributed by atoms with Crippen molar-refractivity contribution < 1.29 is 24.9 Å². The van der Waals surface area contributed by atoms with Crippen molar-refractivity contribution in [2.45, 2.75) is 142 Å². The molecule has 0 radical (unpaired) electrons. The predicted molar refractivity (Wildman–Crippen MR) is 140 cm³/mol. The zero-order chi connectivity index (χ0) is 27.8. The molecular formula is C28H58O5. The van der Waals surface area contributed by atoms with Crippen LogP contribution in [0.5, 0.6) is 0 Å². The van der Waals surface area contributed by atoms with E-state index in [1.807, 2.05) is 104 Å². The van der Waals surface area contributed by atoms with Gasteiger partial charge in [0.05, 0.1) is 18.3 Å². The molecule has 0 fully saturated rings. The number of carbonyl (C=O) groups excluding carboxylic acids is 2. The number of aliphatic hydroxyl groups is 3. The van der Waals surface area contributed by atoms with Crippen LogP contribution >= 0.6 is 0 Å². The van der Waals surface area contributed by atoms with E-state index in [1.54, 1.807) is 6.92 Å². The first-order valence-corrected chi connectivity index (χ1v) is 12.1. The van der Waals surface area contributed by atoms with Gasteiger partial charge in [-0.3, -0.25) is 9.59 Å². The Labute approximate surface area is 205 Å². The van der Waals surface area contributed by atoms with Crippen LogP contribution in [0.15, 0.2) is 0 Å².